The summed E-state index contributed by atoms with van der Waals surface area (Å²) in [6, 6.07) is 8.29. The van der Waals surface area contributed by atoms with Gasteiger partial charge in [-0.25, -0.2) is 8.42 Å². The lowest BCUT2D eigenvalue weighted by molar-refractivity contribution is -0.124. The Hall–Kier alpha value is -2.43. The first-order chi connectivity index (χ1) is 14.0. The lowest BCUT2D eigenvalue weighted by atomic mass is 10.2. The van der Waals surface area contributed by atoms with Crippen LogP contribution in [0.3, 0.4) is 0 Å². The maximum Gasteiger partial charge on any atom is 0.247 e. The van der Waals surface area contributed by atoms with Crippen molar-refractivity contribution in [1.82, 2.24) is 19.4 Å². The number of nitrogens with zero attached hydrogens (tertiary/aromatic N) is 3. The topological polar surface area (TPSA) is 103 Å². The van der Waals surface area contributed by atoms with Crippen LogP contribution < -0.4 is 10.1 Å². The van der Waals surface area contributed by atoms with Crippen LogP contribution in [0.5, 0.6) is 5.75 Å². The maximum absolute atomic E-state index is 13.2. The summed E-state index contributed by atoms with van der Waals surface area (Å²) in [5, 5.41) is 6.79. The molecule has 1 aromatic carbocycles. The first kappa shape index (κ1) is 21.3. The van der Waals surface area contributed by atoms with Crippen LogP contribution in [0.15, 0.2) is 47.6 Å². The van der Waals surface area contributed by atoms with Crippen molar-refractivity contribution in [3.8, 4) is 5.75 Å². The van der Waals surface area contributed by atoms with Gasteiger partial charge in [-0.15, -0.1) is 0 Å². The third-order valence-electron chi connectivity index (χ3n) is 4.71. The van der Waals surface area contributed by atoms with Crippen LogP contribution in [0.4, 0.5) is 0 Å². The van der Waals surface area contributed by atoms with E-state index in [-0.39, 0.29) is 23.8 Å². The van der Waals surface area contributed by atoms with Gasteiger partial charge < -0.3 is 14.8 Å². The second kappa shape index (κ2) is 9.38. The van der Waals surface area contributed by atoms with Crippen molar-refractivity contribution in [2.24, 2.45) is 0 Å². The van der Waals surface area contributed by atoms with Crippen LogP contribution in [-0.4, -0.2) is 67.4 Å². The molecule has 10 heteroatoms. The molecule has 2 aromatic rings. The van der Waals surface area contributed by atoms with Crippen molar-refractivity contribution in [3.63, 3.8) is 0 Å². The van der Waals surface area contributed by atoms with E-state index in [2.05, 4.69) is 10.4 Å². The summed E-state index contributed by atoms with van der Waals surface area (Å²) in [6.07, 6.45) is 2.60. The molecule has 29 heavy (non-hydrogen) atoms. The van der Waals surface area contributed by atoms with Crippen LogP contribution in [0.25, 0.3) is 0 Å². The number of nitrogens with one attached hydrogen (secondary N) is 1. The molecule has 1 aromatic heterocycles. The van der Waals surface area contributed by atoms with Gasteiger partial charge >= 0.3 is 0 Å². The third kappa shape index (κ3) is 4.95. The van der Waals surface area contributed by atoms with Crippen molar-refractivity contribution in [2.75, 3.05) is 26.8 Å². The zero-order chi connectivity index (χ0) is 20.9. The van der Waals surface area contributed by atoms with Crippen molar-refractivity contribution in [1.29, 1.82) is 0 Å². The number of aryl methyl sites for hydroxylation is 1. The predicted molar refractivity (Wildman–Crippen MR) is 106 cm³/mol. The van der Waals surface area contributed by atoms with E-state index in [0.717, 1.165) is 0 Å². The third-order valence-corrected chi connectivity index (χ3v) is 6.54. The van der Waals surface area contributed by atoms with Crippen LogP contribution in [0.2, 0.25) is 0 Å². The van der Waals surface area contributed by atoms with Gasteiger partial charge in [0.05, 0.1) is 19.3 Å². The molecule has 0 bridgehead atoms. The molecule has 2 atom stereocenters. The molecule has 1 fully saturated rings. The smallest absolute Gasteiger partial charge is 0.247 e. The first-order valence-corrected chi connectivity index (χ1v) is 10.9. The number of rotatable bonds is 9. The molecule has 1 aliphatic rings. The number of ether oxygens (including phenoxy) is 2. The largest absolute Gasteiger partial charge is 0.489 e. The number of hydrogen-bond acceptors (Lipinski definition) is 6. The number of aromatic nitrogens is 2. The number of methoxy groups -OCH3 is 1. The van der Waals surface area contributed by atoms with Crippen molar-refractivity contribution >= 4 is 15.9 Å². The van der Waals surface area contributed by atoms with E-state index in [0.29, 0.717) is 25.4 Å². The number of sulfonamides is 1. The van der Waals surface area contributed by atoms with Crippen molar-refractivity contribution in [3.05, 3.63) is 42.7 Å². The average molecular weight is 423 g/mol. The van der Waals surface area contributed by atoms with E-state index in [9.17, 15) is 13.2 Å². The van der Waals surface area contributed by atoms with Crippen LogP contribution in [0, 0.1) is 0 Å². The van der Waals surface area contributed by atoms with Crippen LogP contribution in [0.1, 0.15) is 13.3 Å². The Morgan fingerprint density at radius 3 is 2.72 bits per heavy atom. The SMILES string of the molecule is CCn1cc(S(=O)(=O)N2C[C@@H](Oc3ccccc3)C[C@H]2C(=O)NCCOC)cn1. The molecule has 0 spiro atoms. The second-order valence-corrected chi connectivity index (χ2v) is 8.59. The molecular formula is C19H26N4O5S. The average Bonchev–Trinajstić information content (AvgIpc) is 3.37. The lowest BCUT2D eigenvalue weighted by Gasteiger charge is -2.22. The number of para-hydroxylation sites is 1. The first-order valence-electron chi connectivity index (χ1n) is 9.48. The Labute approximate surface area is 170 Å². The molecule has 0 unspecified atom stereocenters. The van der Waals surface area contributed by atoms with E-state index < -0.39 is 22.2 Å². The van der Waals surface area contributed by atoms with Gasteiger partial charge in [-0.1, -0.05) is 18.2 Å². The Bertz CT molecular complexity index is 916. The Kier molecular flexibility index (Phi) is 6.88. The fraction of sp³-hybridized carbons (Fsp3) is 0.474. The molecule has 158 valence electrons. The highest BCUT2D eigenvalue weighted by atomic mass is 32.2. The summed E-state index contributed by atoms with van der Waals surface area (Å²) in [7, 11) is -2.36. The summed E-state index contributed by atoms with van der Waals surface area (Å²) in [5.41, 5.74) is 0. The molecule has 3 rings (SSSR count). The molecular weight excluding hydrogens is 396 g/mol. The lowest BCUT2D eigenvalue weighted by Crippen LogP contribution is -2.46. The molecule has 2 heterocycles. The Morgan fingerprint density at radius 2 is 2.07 bits per heavy atom. The summed E-state index contributed by atoms with van der Waals surface area (Å²) in [5.74, 6) is 0.266. The minimum atomic E-state index is -3.90. The molecule has 1 aliphatic heterocycles. The van der Waals surface area contributed by atoms with Gasteiger partial charge in [-0.2, -0.15) is 9.40 Å². The number of carbonyl (C=O) groups excluding carboxylic acids is 1. The number of amides is 1. The molecule has 0 saturated carbocycles. The van der Waals surface area contributed by atoms with Gasteiger partial charge in [-0.05, 0) is 19.1 Å². The monoisotopic (exact) mass is 422 g/mol. The molecule has 1 amide bonds. The Balaban J connectivity index is 1.82. The fourth-order valence-corrected chi connectivity index (χ4v) is 4.82. The highest BCUT2D eigenvalue weighted by Crippen LogP contribution is 2.29. The van der Waals surface area contributed by atoms with Gasteiger partial charge in [0.25, 0.3) is 0 Å². The number of hydrogen-bond donors (Lipinski definition) is 1. The molecule has 0 aliphatic carbocycles. The van der Waals surface area contributed by atoms with Crippen LogP contribution >= 0.6 is 0 Å². The van der Waals surface area contributed by atoms with Crippen LogP contribution in [-0.2, 0) is 26.1 Å². The maximum atomic E-state index is 13.2. The molecule has 1 N–H and O–H groups in total. The van der Waals surface area contributed by atoms with Crippen molar-refractivity contribution < 1.29 is 22.7 Å². The van der Waals surface area contributed by atoms with Gasteiger partial charge in [0.1, 0.15) is 22.8 Å². The predicted octanol–water partition coefficient (Wildman–Crippen LogP) is 0.876. The zero-order valence-electron chi connectivity index (χ0n) is 16.5. The van der Waals surface area contributed by atoms with Crippen molar-refractivity contribution in [2.45, 2.75) is 36.9 Å². The van der Waals surface area contributed by atoms with E-state index in [4.69, 9.17) is 9.47 Å². The zero-order valence-corrected chi connectivity index (χ0v) is 17.3. The molecule has 9 nitrogen and oxygen atoms in total. The Morgan fingerprint density at radius 1 is 1.31 bits per heavy atom. The quantitative estimate of drug-likeness (QED) is 0.602. The van der Waals surface area contributed by atoms with Gasteiger partial charge in [0, 0.05) is 32.8 Å². The fourth-order valence-electron chi connectivity index (χ4n) is 3.23. The minimum Gasteiger partial charge on any atom is -0.489 e. The van der Waals surface area contributed by atoms with E-state index >= 15 is 0 Å². The highest BCUT2D eigenvalue weighted by Gasteiger charge is 2.45. The molecule has 0 radical (unpaired) electrons. The minimum absolute atomic E-state index is 0.0643. The summed E-state index contributed by atoms with van der Waals surface area (Å²) in [4.78, 5) is 12.8. The van der Waals surface area contributed by atoms with Gasteiger partial charge in [0.2, 0.25) is 15.9 Å². The second-order valence-electron chi connectivity index (χ2n) is 6.69. The number of carbonyl (C=O) groups is 1. The summed E-state index contributed by atoms with van der Waals surface area (Å²) >= 11 is 0. The summed E-state index contributed by atoms with van der Waals surface area (Å²) < 4.78 is 40.1. The standard InChI is InChI=1S/C19H26N4O5S/c1-3-22-14-17(12-21-22)29(25,26)23-13-16(28-15-7-5-4-6-8-15)11-18(23)19(24)20-9-10-27-2/h4-8,12,14,16,18H,3,9-11,13H2,1-2H3,(H,20,24)/t16-,18-/m0/s1. The summed E-state index contributed by atoms with van der Waals surface area (Å²) in [6.45, 7) is 3.15. The normalized spacial score (nSPS) is 19.9. The molecule has 1 saturated heterocycles. The van der Waals surface area contributed by atoms with E-state index in [1.165, 1.54) is 28.5 Å². The van der Waals surface area contributed by atoms with Gasteiger partial charge in [0.15, 0.2) is 0 Å². The number of benzene rings is 1. The highest BCUT2D eigenvalue weighted by molar-refractivity contribution is 7.89. The van der Waals surface area contributed by atoms with E-state index in [1.807, 2.05) is 25.1 Å². The van der Waals surface area contributed by atoms with E-state index in [1.54, 1.807) is 12.1 Å². The van der Waals surface area contributed by atoms with Gasteiger partial charge in [-0.3, -0.25) is 9.48 Å².